The molecule has 0 aliphatic rings. The fourth-order valence-electron chi connectivity index (χ4n) is 1.92. The number of hydrogen-bond acceptors (Lipinski definition) is 4. The van der Waals surface area contributed by atoms with E-state index in [9.17, 15) is 4.79 Å². The van der Waals surface area contributed by atoms with E-state index in [0.29, 0.717) is 17.1 Å². The molecule has 2 heterocycles. The Balaban J connectivity index is 2.07. The second-order valence-corrected chi connectivity index (χ2v) is 4.45. The lowest BCUT2D eigenvalue weighted by Gasteiger charge is -2.13. The zero-order valence-electron chi connectivity index (χ0n) is 11.4. The number of nitrogens with one attached hydrogen (secondary N) is 2. The summed E-state index contributed by atoms with van der Waals surface area (Å²) in [7, 11) is 0. The summed E-state index contributed by atoms with van der Waals surface area (Å²) in [6.07, 6.45) is 3.93. The molecule has 0 spiro atoms. The molecule has 0 aliphatic heterocycles. The maximum absolute atomic E-state index is 12.0. The number of hydrogen-bond donors (Lipinski definition) is 2. The first-order valence-electron chi connectivity index (χ1n) is 6.42. The molecule has 0 aromatic carbocycles. The van der Waals surface area contributed by atoms with Gasteiger partial charge in [-0.25, -0.2) is 9.67 Å². The lowest BCUT2D eigenvalue weighted by molar-refractivity contribution is 0.0933. The van der Waals surface area contributed by atoms with Crippen molar-refractivity contribution in [1.82, 2.24) is 25.1 Å². The number of nitriles is 1. The van der Waals surface area contributed by atoms with Crippen LogP contribution in [0.1, 0.15) is 48.2 Å². The van der Waals surface area contributed by atoms with Crippen LogP contribution in [0.4, 0.5) is 0 Å². The van der Waals surface area contributed by atoms with E-state index in [2.05, 4.69) is 27.3 Å². The molecule has 1 atom stereocenters. The van der Waals surface area contributed by atoms with Gasteiger partial charge in [-0.3, -0.25) is 4.79 Å². The normalized spacial score (nSPS) is 11.8. The zero-order valence-corrected chi connectivity index (χ0v) is 11.4. The van der Waals surface area contributed by atoms with Crippen LogP contribution in [-0.4, -0.2) is 25.7 Å². The van der Waals surface area contributed by atoms with Gasteiger partial charge in [-0.15, -0.1) is 0 Å². The van der Waals surface area contributed by atoms with Gasteiger partial charge in [0.05, 0.1) is 11.6 Å². The van der Waals surface area contributed by atoms with Gasteiger partial charge in [-0.05, 0) is 19.4 Å². The fraction of sp³-hybridized carbons (Fsp3) is 0.385. The first-order valence-corrected chi connectivity index (χ1v) is 6.42. The van der Waals surface area contributed by atoms with E-state index in [0.717, 1.165) is 13.0 Å². The van der Waals surface area contributed by atoms with Crippen molar-refractivity contribution in [1.29, 1.82) is 5.26 Å². The molecule has 0 unspecified atom stereocenters. The van der Waals surface area contributed by atoms with Crippen molar-refractivity contribution in [2.24, 2.45) is 0 Å². The summed E-state index contributed by atoms with van der Waals surface area (Å²) in [6.45, 7) is 4.66. The van der Waals surface area contributed by atoms with E-state index >= 15 is 0 Å². The van der Waals surface area contributed by atoms with Crippen molar-refractivity contribution in [3.8, 4) is 6.07 Å². The third kappa shape index (κ3) is 2.85. The number of aryl methyl sites for hydroxylation is 1. The van der Waals surface area contributed by atoms with Crippen LogP contribution in [-0.2, 0) is 6.54 Å². The minimum Gasteiger partial charge on any atom is -0.356 e. The van der Waals surface area contributed by atoms with Gasteiger partial charge < -0.3 is 10.3 Å². The quantitative estimate of drug-likeness (QED) is 0.858. The molecule has 2 aromatic heterocycles. The van der Waals surface area contributed by atoms with Crippen LogP contribution in [0.3, 0.4) is 0 Å². The smallest absolute Gasteiger partial charge is 0.268 e. The fourth-order valence-corrected chi connectivity index (χ4v) is 1.92. The number of carbonyl (C=O) groups is 1. The summed E-state index contributed by atoms with van der Waals surface area (Å²) in [5.74, 6) is 0.442. The molecule has 0 fully saturated rings. The Labute approximate surface area is 116 Å². The summed E-state index contributed by atoms with van der Waals surface area (Å²) < 4.78 is 1.78. The average Bonchev–Trinajstić information content (AvgIpc) is 3.07. The number of rotatable bonds is 5. The maximum Gasteiger partial charge on any atom is 0.268 e. The summed E-state index contributed by atoms with van der Waals surface area (Å²) in [6, 6.07) is 3.23. The molecule has 2 rings (SSSR count). The van der Waals surface area contributed by atoms with E-state index in [1.165, 1.54) is 18.6 Å². The Bertz CT molecular complexity index is 635. The van der Waals surface area contributed by atoms with Crippen LogP contribution in [0, 0.1) is 11.3 Å². The van der Waals surface area contributed by atoms with Crippen LogP contribution in [0.15, 0.2) is 18.6 Å². The predicted octanol–water partition coefficient (Wildman–Crippen LogP) is 1.38. The number of carbonyl (C=O) groups excluding carboxylic acids is 1. The van der Waals surface area contributed by atoms with Crippen LogP contribution in [0.25, 0.3) is 0 Å². The van der Waals surface area contributed by atoms with Crippen molar-refractivity contribution < 1.29 is 4.79 Å². The molecular formula is C13H16N6O. The first-order chi connectivity index (χ1) is 9.65. The highest BCUT2D eigenvalue weighted by molar-refractivity contribution is 5.93. The van der Waals surface area contributed by atoms with Crippen molar-refractivity contribution in [3.63, 3.8) is 0 Å². The first kappa shape index (κ1) is 13.8. The van der Waals surface area contributed by atoms with Gasteiger partial charge in [0.15, 0.2) is 0 Å². The molecule has 0 saturated heterocycles. The van der Waals surface area contributed by atoms with Gasteiger partial charge in [0.1, 0.15) is 23.9 Å². The third-order valence-corrected chi connectivity index (χ3v) is 2.87. The van der Waals surface area contributed by atoms with E-state index in [-0.39, 0.29) is 11.9 Å². The third-order valence-electron chi connectivity index (χ3n) is 2.87. The molecule has 0 aliphatic carbocycles. The topological polar surface area (TPSA) is 99.4 Å². The molecule has 20 heavy (non-hydrogen) atoms. The van der Waals surface area contributed by atoms with Crippen molar-refractivity contribution >= 4 is 5.91 Å². The van der Waals surface area contributed by atoms with E-state index < -0.39 is 0 Å². The second-order valence-electron chi connectivity index (χ2n) is 4.45. The maximum atomic E-state index is 12.0. The second kappa shape index (κ2) is 6.02. The molecule has 0 radical (unpaired) electrons. The van der Waals surface area contributed by atoms with E-state index in [1.54, 1.807) is 4.68 Å². The average molecular weight is 272 g/mol. The molecule has 2 aromatic rings. The largest absolute Gasteiger partial charge is 0.356 e. The van der Waals surface area contributed by atoms with Crippen LogP contribution in [0.2, 0.25) is 0 Å². The summed E-state index contributed by atoms with van der Waals surface area (Å²) in [5, 5.41) is 15.7. The minimum atomic E-state index is -0.273. The Hall–Kier alpha value is -2.62. The molecular weight excluding hydrogens is 256 g/mol. The Morgan fingerprint density at radius 3 is 3.10 bits per heavy atom. The highest BCUT2D eigenvalue weighted by atomic mass is 16.1. The van der Waals surface area contributed by atoms with Gasteiger partial charge in [-0.2, -0.15) is 10.4 Å². The van der Waals surface area contributed by atoms with Crippen molar-refractivity contribution in [2.45, 2.75) is 32.9 Å². The van der Waals surface area contributed by atoms with Gasteiger partial charge in [0, 0.05) is 12.7 Å². The van der Waals surface area contributed by atoms with Gasteiger partial charge in [-0.1, -0.05) is 6.92 Å². The lowest BCUT2D eigenvalue weighted by atomic mass is 10.2. The summed E-state index contributed by atoms with van der Waals surface area (Å²) >= 11 is 0. The lowest BCUT2D eigenvalue weighted by Crippen LogP contribution is -2.29. The molecule has 7 heteroatoms. The summed E-state index contributed by atoms with van der Waals surface area (Å²) in [4.78, 5) is 19.0. The number of amides is 1. The Morgan fingerprint density at radius 1 is 1.65 bits per heavy atom. The number of H-pyrrole nitrogens is 1. The Kier molecular flexibility index (Phi) is 4.15. The number of nitrogens with zero attached hydrogens (tertiary/aromatic N) is 4. The minimum absolute atomic E-state index is 0.259. The molecule has 0 saturated carbocycles. The molecule has 1 amide bonds. The molecule has 7 nitrogen and oxygen atoms in total. The van der Waals surface area contributed by atoms with E-state index in [1.807, 2.05) is 13.0 Å². The Morgan fingerprint density at radius 2 is 2.45 bits per heavy atom. The van der Waals surface area contributed by atoms with Gasteiger partial charge >= 0.3 is 0 Å². The van der Waals surface area contributed by atoms with Gasteiger partial charge in [0.2, 0.25) is 0 Å². The molecule has 0 bridgehead atoms. The van der Waals surface area contributed by atoms with Gasteiger partial charge in [0.25, 0.3) is 5.91 Å². The molecule has 104 valence electrons. The van der Waals surface area contributed by atoms with Crippen molar-refractivity contribution in [3.05, 3.63) is 35.7 Å². The highest BCUT2D eigenvalue weighted by Gasteiger charge is 2.17. The number of aromatic nitrogens is 4. The highest BCUT2D eigenvalue weighted by Crippen LogP contribution is 2.10. The standard InChI is InChI=1S/C13H16N6O/c1-3-4-19-12(16-8-17-19)9(2)18-13(20)11-5-10(6-14)7-15-11/h5,7-9,15H,3-4H2,1-2H3,(H,18,20)/t9-/m1/s1. The molecule has 2 N–H and O–H groups in total. The van der Waals surface area contributed by atoms with Crippen molar-refractivity contribution in [2.75, 3.05) is 0 Å². The monoisotopic (exact) mass is 272 g/mol. The van der Waals surface area contributed by atoms with E-state index in [4.69, 9.17) is 5.26 Å². The van der Waals surface area contributed by atoms with Crippen LogP contribution < -0.4 is 5.32 Å². The van der Waals surface area contributed by atoms with Crippen LogP contribution in [0.5, 0.6) is 0 Å². The number of aromatic amines is 1. The van der Waals surface area contributed by atoms with Crippen LogP contribution >= 0.6 is 0 Å². The SMILES string of the molecule is CCCn1ncnc1[C@@H](C)NC(=O)c1cc(C#N)c[nH]1. The summed E-state index contributed by atoms with van der Waals surface area (Å²) in [5.41, 5.74) is 0.784. The zero-order chi connectivity index (χ0) is 14.5. The predicted molar refractivity (Wildman–Crippen MR) is 71.7 cm³/mol.